The second-order valence-electron chi connectivity index (χ2n) is 13.2. The fourth-order valence-corrected chi connectivity index (χ4v) is 6.63. The Labute approximate surface area is 302 Å². The van der Waals surface area contributed by atoms with Gasteiger partial charge in [-0.1, -0.05) is 48.5 Å². The number of benzene rings is 2. The first-order chi connectivity index (χ1) is 24.5. The summed E-state index contributed by atoms with van der Waals surface area (Å²) in [5.74, 6) is -4.72. The molecule has 4 amide bonds. The van der Waals surface area contributed by atoms with Crippen LogP contribution in [0.25, 0.3) is 0 Å². The maximum atomic E-state index is 14.0. The number of amides is 4. The first-order valence-corrected chi connectivity index (χ1v) is 18.1. The zero-order valence-corrected chi connectivity index (χ0v) is 29.9. The number of hydrogen-bond acceptors (Lipinski definition) is 8. The lowest BCUT2D eigenvalue weighted by atomic mass is 9.90. The average Bonchev–Trinajstić information content (AvgIpc) is 3.61. The molecule has 12 nitrogen and oxygen atoms in total. The van der Waals surface area contributed by atoms with Gasteiger partial charge in [0.1, 0.15) is 12.1 Å². The van der Waals surface area contributed by atoms with E-state index in [1.54, 1.807) is 24.3 Å². The van der Waals surface area contributed by atoms with Crippen molar-refractivity contribution in [3.63, 3.8) is 0 Å². The Morgan fingerprint density at radius 2 is 1.45 bits per heavy atom. The molecule has 0 unspecified atom stereocenters. The van der Waals surface area contributed by atoms with Gasteiger partial charge < -0.3 is 31.3 Å². The highest BCUT2D eigenvalue weighted by Crippen LogP contribution is 2.19. The largest absolute Gasteiger partial charge is 0.481 e. The monoisotopic (exact) mass is 717 g/mol. The van der Waals surface area contributed by atoms with Crippen LogP contribution in [0.5, 0.6) is 0 Å². The molecule has 2 aromatic carbocycles. The van der Waals surface area contributed by atoms with E-state index in [4.69, 9.17) is 0 Å². The van der Waals surface area contributed by atoms with Crippen LogP contribution in [0.3, 0.4) is 0 Å². The second-order valence-corrected chi connectivity index (χ2v) is 14.2. The molecule has 2 aliphatic heterocycles. The van der Waals surface area contributed by atoms with Gasteiger partial charge in [-0.3, -0.25) is 28.8 Å². The predicted molar refractivity (Wildman–Crippen MR) is 195 cm³/mol. The van der Waals surface area contributed by atoms with E-state index in [-0.39, 0.29) is 44.9 Å². The van der Waals surface area contributed by atoms with Crippen LogP contribution < -0.4 is 21.3 Å². The van der Waals surface area contributed by atoms with Crippen molar-refractivity contribution >= 4 is 52.4 Å². The molecule has 2 aliphatic rings. The van der Waals surface area contributed by atoms with E-state index in [1.165, 1.54) is 11.3 Å². The van der Waals surface area contributed by atoms with Crippen LogP contribution >= 0.6 is 11.3 Å². The van der Waals surface area contributed by atoms with E-state index in [0.717, 1.165) is 23.4 Å². The Balaban J connectivity index is 1.67. The molecule has 3 heterocycles. The summed E-state index contributed by atoms with van der Waals surface area (Å²) in [6, 6.07) is 16.3. The van der Waals surface area contributed by atoms with Crippen molar-refractivity contribution < 1.29 is 33.9 Å². The van der Waals surface area contributed by atoms with Crippen LogP contribution in [-0.2, 0) is 48.0 Å². The van der Waals surface area contributed by atoms with Crippen molar-refractivity contribution in [3.8, 4) is 0 Å². The molecule has 0 saturated heterocycles. The van der Waals surface area contributed by atoms with Gasteiger partial charge in [-0.2, -0.15) is 0 Å². The highest BCUT2D eigenvalue weighted by molar-refractivity contribution is 7.09. The van der Waals surface area contributed by atoms with Crippen molar-refractivity contribution in [2.75, 3.05) is 26.0 Å². The van der Waals surface area contributed by atoms with E-state index in [0.29, 0.717) is 17.7 Å². The fraction of sp³-hybridized carbons (Fsp3) is 0.421. The molecule has 272 valence electrons. The number of hydrogen-bond donors (Lipinski definition) is 5. The van der Waals surface area contributed by atoms with Crippen LogP contribution in [0.15, 0.2) is 72.1 Å². The van der Waals surface area contributed by atoms with Gasteiger partial charge in [0.05, 0.1) is 12.0 Å². The standard InChI is InChI=1S/C38H47N5O7S/c1-43(2)19-7-6-12-30-36(47)42-31(22-25-9-4-3-5-10-25)33(44)23-27(38(49)50)21-26-13-15-28(16-14-26)39-34(45)17-18-35(46)40-32(37(48)41-30)24-29-11-8-20-51-29/h3-5,8-11,13-16,20,27,30-32H,6-7,12,17-19,21-24H2,1-2H3,(H,39,45)(H,40,46)(H,41,48)(H,42,47)(H,49,50)/t27-,30+,31-,32-/m1/s1. The number of fused-ring (bicyclic) bond motifs is 18. The molecule has 0 saturated carbocycles. The Morgan fingerprint density at radius 1 is 0.765 bits per heavy atom. The van der Waals surface area contributed by atoms with E-state index in [2.05, 4.69) is 21.3 Å². The molecular formula is C38H47N5O7S. The Morgan fingerprint density at radius 3 is 2.12 bits per heavy atom. The van der Waals surface area contributed by atoms with Crippen molar-refractivity contribution in [2.45, 2.75) is 75.9 Å². The van der Waals surface area contributed by atoms with Gasteiger partial charge >= 0.3 is 5.97 Å². The number of Topliss-reactive ketones (excluding diaryl/α,β-unsaturated/α-hetero) is 1. The predicted octanol–water partition coefficient (Wildman–Crippen LogP) is 3.35. The number of unbranched alkanes of at least 4 members (excludes halogenated alkanes) is 1. The van der Waals surface area contributed by atoms with Crippen molar-refractivity contribution in [3.05, 3.63) is 88.1 Å². The fourth-order valence-electron chi connectivity index (χ4n) is 5.88. The number of carboxylic acid groups (broad SMARTS) is 1. The maximum Gasteiger partial charge on any atom is 0.307 e. The summed E-state index contributed by atoms with van der Waals surface area (Å²) in [6.07, 6.45) is 1.32. The molecule has 5 rings (SSSR count). The summed E-state index contributed by atoms with van der Waals surface area (Å²) in [5, 5.41) is 23.2. The van der Waals surface area contributed by atoms with Gasteiger partial charge in [-0.25, -0.2) is 0 Å². The number of rotatable bonds is 10. The molecule has 3 aromatic rings. The number of aliphatic carboxylic acids is 1. The third kappa shape index (κ3) is 13.1. The van der Waals surface area contributed by atoms with Crippen LogP contribution in [0.1, 0.15) is 54.5 Å². The Kier molecular flexibility index (Phi) is 14.9. The number of nitrogens with one attached hydrogen (secondary N) is 4. The summed E-state index contributed by atoms with van der Waals surface area (Å²) in [6.45, 7) is 0.765. The third-order valence-corrected chi connectivity index (χ3v) is 9.60. The number of anilines is 1. The lowest BCUT2D eigenvalue weighted by molar-refractivity contribution is -0.144. The molecule has 0 radical (unpaired) electrons. The molecule has 0 fully saturated rings. The lowest BCUT2D eigenvalue weighted by Gasteiger charge is -2.26. The number of carbonyl (C=O) groups excluding carboxylic acids is 5. The molecule has 5 N–H and O–H groups in total. The average molecular weight is 718 g/mol. The number of nitrogens with zero attached hydrogens (tertiary/aromatic N) is 1. The third-order valence-electron chi connectivity index (χ3n) is 8.70. The summed E-state index contributed by atoms with van der Waals surface area (Å²) >= 11 is 1.42. The zero-order chi connectivity index (χ0) is 36.8. The minimum Gasteiger partial charge on any atom is -0.481 e. The van der Waals surface area contributed by atoms with Gasteiger partial charge in [0.25, 0.3) is 0 Å². The van der Waals surface area contributed by atoms with Crippen LogP contribution in [0, 0.1) is 5.92 Å². The quantitative estimate of drug-likeness (QED) is 0.157. The van der Waals surface area contributed by atoms with Crippen molar-refractivity contribution in [2.24, 2.45) is 5.92 Å². The highest BCUT2D eigenvalue weighted by atomic mass is 32.1. The van der Waals surface area contributed by atoms with Gasteiger partial charge in [-0.15, -0.1) is 11.3 Å². The van der Waals surface area contributed by atoms with Gasteiger partial charge in [0.2, 0.25) is 23.6 Å². The van der Waals surface area contributed by atoms with Crippen LogP contribution in [0.2, 0.25) is 0 Å². The van der Waals surface area contributed by atoms with Gasteiger partial charge in [0.15, 0.2) is 5.78 Å². The summed E-state index contributed by atoms with van der Waals surface area (Å²) < 4.78 is 0. The van der Waals surface area contributed by atoms with Gasteiger partial charge in [0, 0.05) is 36.2 Å². The number of ketones is 1. The second kappa shape index (κ2) is 19.5. The van der Waals surface area contributed by atoms with Gasteiger partial charge in [-0.05, 0) is 87.5 Å². The smallest absolute Gasteiger partial charge is 0.307 e. The first-order valence-electron chi connectivity index (χ1n) is 17.2. The number of thiophene rings is 1. The summed E-state index contributed by atoms with van der Waals surface area (Å²) in [7, 11) is 3.88. The minimum atomic E-state index is -1.15. The molecule has 0 spiro atoms. The highest BCUT2D eigenvalue weighted by Gasteiger charge is 2.32. The van der Waals surface area contributed by atoms with E-state index in [9.17, 15) is 33.9 Å². The molecular weight excluding hydrogens is 671 g/mol. The van der Waals surface area contributed by atoms with Crippen molar-refractivity contribution in [1.82, 2.24) is 20.9 Å². The molecule has 51 heavy (non-hydrogen) atoms. The molecule has 4 atom stereocenters. The summed E-state index contributed by atoms with van der Waals surface area (Å²) in [4.78, 5) is 82.8. The molecule has 0 aliphatic carbocycles. The van der Waals surface area contributed by atoms with Crippen LogP contribution in [-0.4, -0.2) is 84.2 Å². The van der Waals surface area contributed by atoms with E-state index in [1.807, 2.05) is 66.8 Å². The van der Waals surface area contributed by atoms with E-state index >= 15 is 0 Å². The zero-order valence-electron chi connectivity index (χ0n) is 29.1. The lowest BCUT2D eigenvalue weighted by Crippen LogP contribution is -2.56. The Hall–Kier alpha value is -4.88. The molecule has 13 heteroatoms. The SMILES string of the molecule is CN(C)CCCC[C@@H]1NC(=O)[C@@H](Cc2cccs2)NC(=O)CCC(=O)Nc2ccc(cc2)C[C@@H](C(=O)O)CC(=O)[C@@H](Cc2ccccc2)NC1=O. The normalized spacial score (nSPS) is 21.3. The summed E-state index contributed by atoms with van der Waals surface area (Å²) in [5.41, 5.74) is 1.89. The number of carbonyl (C=O) groups is 6. The van der Waals surface area contributed by atoms with Crippen LogP contribution in [0.4, 0.5) is 5.69 Å². The first kappa shape index (κ1) is 38.9. The molecule has 1 aromatic heterocycles. The van der Waals surface area contributed by atoms with Crippen molar-refractivity contribution in [1.29, 1.82) is 0 Å². The topological polar surface area (TPSA) is 174 Å². The number of carboxylic acids is 1. The Bertz CT molecular complexity index is 1630. The minimum absolute atomic E-state index is 0.0532. The van der Waals surface area contributed by atoms with E-state index < -0.39 is 59.4 Å². The maximum absolute atomic E-state index is 14.0. The molecule has 2 bridgehead atoms.